The molecule has 88 valence electrons. The fourth-order valence-corrected chi connectivity index (χ4v) is 1.95. The van der Waals surface area contributed by atoms with Crippen molar-refractivity contribution in [2.75, 3.05) is 17.3 Å². The molecule has 3 heterocycles. The molecule has 0 saturated carbocycles. The highest BCUT2D eigenvalue weighted by molar-refractivity contribution is 5.89. The number of hydrogen-bond donors (Lipinski definition) is 2. The summed E-state index contributed by atoms with van der Waals surface area (Å²) < 4.78 is 1.48. The molecule has 0 aromatic carbocycles. The third-order valence-electron chi connectivity index (χ3n) is 2.72. The summed E-state index contributed by atoms with van der Waals surface area (Å²) >= 11 is 0. The predicted molar refractivity (Wildman–Crippen MR) is 59.9 cm³/mol. The number of imidazole rings is 1. The lowest BCUT2D eigenvalue weighted by atomic mass is 10.4. The first-order chi connectivity index (χ1) is 8.16. The van der Waals surface area contributed by atoms with E-state index in [0.717, 1.165) is 6.42 Å². The van der Waals surface area contributed by atoms with Gasteiger partial charge in [0.25, 0.3) is 5.56 Å². The van der Waals surface area contributed by atoms with Gasteiger partial charge in [0, 0.05) is 13.0 Å². The number of rotatable bonds is 1. The number of nitrogens with two attached hydrogens (primary N) is 1. The molecule has 0 radical (unpaired) electrons. The summed E-state index contributed by atoms with van der Waals surface area (Å²) in [5, 5.41) is 1.52. The van der Waals surface area contributed by atoms with E-state index in [1.165, 1.54) is 16.0 Å². The van der Waals surface area contributed by atoms with Crippen LogP contribution in [0.1, 0.15) is 12.8 Å². The summed E-state index contributed by atoms with van der Waals surface area (Å²) in [6.07, 6.45) is 2.70. The molecule has 0 unspecified atom stereocenters. The van der Waals surface area contributed by atoms with Crippen molar-refractivity contribution in [2.45, 2.75) is 12.8 Å². The second-order valence-corrected chi connectivity index (χ2v) is 3.83. The minimum atomic E-state index is -0.405. The van der Waals surface area contributed by atoms with Crippen LogP contribution in [0.5, 0.6) is 0 Å². The molecule has 2 aromatic rings. The lowest BCUT2D eigenvalue weighted by Gasteiger charge is -2.16. The third kappa shape index (κ3) is 1.37. The predicted octanol–water partition coefficient (Wildman–Crippen LogP) is -1.04. The minimum Gasteiger partial charge on any atom is -0.369 e. The van der Waals surface area contributed by atoms with Crippen molar-refractivity contribution in [2.24, 2.45) is 0 Å². The van der Waals surface area contributed by atoms with Crippen LogP contribution in [0.25, 0.3) is 11.2 Å². The van der Waals surface area contributed by atoms with Crippen LogP contribution >= 0.6 is 0 Å². The standard InChI is InChI=1S/C9H10N6O2/c10-9-12-7-6(8(17)13-9)11-4-15(7)14-3-1-2-5(14)16/h4H,1-3H2,(H3,10,12,13,17). The van der Waals surface area contributed by atoms with Crippen LogP contribution in [0, 0.1) is 0 Å². The quantitative estimate of drug-likeness (QED) is 0.654. The highest BCUT2D eigenvalue weighted by Gasteiger charge is 2.24. The molecular formula is C9H10N6O2. The molecule has 1 saturated heterocycles. The van der Waals surface area contributed by atoms with Crippen molar-refractivity contribution >= 4 is 23.0 Å². The van der Waals surface area contributed by atoms with Crippen molar-refractivity contribution in [1.29, 1.82) is 0 Å². The Morgan fingerprint density at radius 2 is 2.24 bits per heavy atom. The number of carbonyl (C=O) groups excluding carboxylic acids is 1. The monoisotopic (exact) mass is 234 g/mol. The van der Waals surface area contributed by atoms with Gasteiger partial charge in [-0.2, -0.15) is 4.98 Å². The number of amides is 1. The molecule has 0 atom stereocenters. The van der Waals surface area contributed by atoms with E-state index >= 15 is 0 Å². The number of nitrogen functional groups attached to an aromatic ring is 1. The molecule has 0 bridgehead atoms. The zero-order valence-electron chi connectivity index (χ0n) is 8.88. The van der Waals surface area contributed by atoms with Gasteiger partial charge in [0.05, 0.1) is 0 Å². The Labute approximate surface area is 95.0 Å². The largest absolute Gasteiger partial charge is 0.369 e. The third-order valence-corrected chi connectivity index (χ3v) is 2.72. The molecule has 8 nitrogen and oxygen atoms in total. The number of anilines is 1. The molecule has 1 aliphatic rings. The van der Waals surface area contributed by atoms with Gasteiger partial charge >= 0.3 is 0 Å². The van der Waals surface area contributed by atoms with Crippen molar-refractivity contribution < 1.29 is 4.79 Å². The number of nitrogens with zero attached hydrogens (tertiary/aromatic N) is 4. The number of nitrogens with one attached hydrogen (secondary N) is 1. The van der Waals surface area contributed by atoms with Crippen LogP contribution in [-0.2, 0) is 4.79 Å². The maximum atomic E-state index is 11.6. The smallest absolute Gasteiger partial charge is 0.280 e. The van der Waals surface area contributed by atoms with Crippen molar-refractivity contribution in [1.82, 2.24) is 19.6 Å². The SMILES string of the molecule is Nc1nc2c(ncn2N2CCCC2=O)c(=O)[nH]1. The topological polar surface area (TPSA) is 110 Å². The van der Waals surface area contributed by atoms with Gasteiger partial charge in [0.1, 0.15) is 6.33 Å². The molecule has 2 aromatic heterocycles. The molecule has 1 fully saturated rings. The Morgan fingerprint density at radius 3 is 2.94 bits per heavy atom. The van der Waals surface area contributed by atoms with Gasteiger partial charge in [-0.3, -0.25) is 14.6 Å². The average molecular weight is 234 g/mol. The van der Waals surface area contributed by atoms with Gasteiger partial charge in [-0.1, -0.05) is 0 Å². The van der Waals surface area contributed by atoms with E-state index in [9.17, 15) is 9.59 Å². The van der Waals surface area contributed by atoms with Crippen molar-refractivity contribution in [3.63, 3.8) is 0 Å². The van der Waals surface area contributed by atoms with E-state index in [0.29, 0.717) is 18.6 Å². The summed E-state index contributed by atoms with van der Waals surface area (Å²) in [7, 11) is 0. The van der Waals surface area contributed by atoms with Gasteiger partial charge in [0.2, 0.25) is 11.9 Å². The van der Waals surface area contributed by atoms with E-state index < -0.39 is 5.56 Å². The summed E-state index contributed by atoms with van der Waals surface area (Å²) in [6.45, 7) is 0.596. The number of carbonyl (C=O) groups is 1. The second kappa shape index (κ2) is 3.30. The van der Waals surface area contributed by atoms with Crippen LogP contribution in [0.15, 0.2) is 11.1 Å². The first kappa shape index (κ1) is 9.82. The second-order valence-electron chi connectivity index (χ2n) is 3.83. The van der Waals surface area contributed by atoms with Gasteiger partial charge in [-0.25, -0.2) is 14.7 Å². The lowest BCUT2D eigenvalue weighted by molar-refractivity contribution is -0.118. The van der Waals surface area contributed by atoms with Gasteiger partial charge in [0.15, 0.2) is 11.2 Å². The van der Waals surface area contributed by atoms with Crippen LogP contribution in [0.2, 0.25) is 0 Å². The Hall–Kier alpha value is -2.38. The van der Waals surface area contributed by atoms with Gasteiger partial charge in [-0.15, -0.1) is 0 Å². The zero-order chi connectivity index (χ0) is 12.0. The van der Waals surface area contributed by atoms with Gasteiger partial charge in [-0.05, 0) is 6.42 Å². The molecule has 17 heavy (non-hydrogen) atoms. The minimum absolute atomic E-state index is 0.00930. The van der Waals surface area contributed by atoms with Crippen molar-refractivity contribution in [3.8, 4) is 0 Å². The zero-order valence-corrected chi connectivity index (χ0v) is 8.88. The molecule has 3 N–H and O–H groups in total. The molecule has 0 spiro atoms. The molecule has 0 aliphatic carbocycles. The fraction of sp³-hybridized carbons (Fsp3) is 0.333. The van der Waals surface area contributed by atoms with Crippen LogP contribution in [0.4, 0.5) is 5.95 Å². The number of hydrogen-bond acceptors (Lipinski definition) is 5. The van der Waals surface area contributed by atoms with E-state index in [4.69, 9.17) is 5.73 Å². The summed E-state index contributed by atoms with van der Waals surface area (Å²) in [5.74, 6) is 0.000786. The normalized spacial score (nSPS) is 16.0. The Bertz CT molecular complexity index is 657. The molecule has 3 rings (SSSR count). The van der Waals surface area contributed by atoms with E-state index in [-0.39, 0.29) is 17.4 Å². The number of aromatic amines is 1. The highest BCUT2D eigenvalue weighted by Crippen LogP contribution is 2.13. The van der Waals surface area contributed by atoms with Crippen LogP contribution < -0.4 is 16.3 Å². The molecule has 1 aliphatic heterocycles. The fourth-order valence-electron chi connectivity index (χ4n) is 1.95. The van der Waals surface area contributed by atoms with E-state index in [1.54, 1.807) is 0 Å². The van der Waals surface area contributed by atoms with Crippen LogP contribution in [-0.4, -0.2) is 32.1 Å². The number of H-pyrrole nitrogens is 1. The van der Waals surface area contributed by atoms with E-state index in [2.05, 4.69) is 15.0 Å². The molecule has 8 heteroatoms. The van der Waals surface area contributed by atoms with Gasteiger partial charge < -0.3 is 5.73 Å². The lowest BCUT2D eigenvalue weighted by Crippen LogP contribution is -2.35. The molecular weight excluding hydrogens is 224 g/mol. The highest BCUT2D eigenvalue weighted by atomic mass is 16.2. The Morgan fingerprint density at radius 1 is 1.41 bits per heavy atom. The Kier molecular flexibility index (Phi) is 1.91. The molecule has 1 amide bonds. The van der Waals surface area contributed by atoms with Crippen molar-refractivity contribution in [3.05, 3.63) is 16.7 Å². The number of aromatic nitrogens is 4. The maximum Gasteiger partial charge on any atom is 0.280 e. The average Bonchev–Trinajstić information content (AvgIpc) is 2.84. The summed E-state index contributed by atoms with van der Waals surface area (Å²) in [6, 6.07) is 0. The summed E-state index contributed by atoms with van der Waals surface area (Å²) in [4.78, 5) is 33.5. The van der Waals surface area contributed by atoms with Crippen LogP contribution in [0.3, 0.4) is 0 Å². The summed E-state index contributed by atoms with van der Waals surface area (Å²) in [5.41, 5.74) is 5.56. The van der Waals surface area contributed by atoms with E-state index in [1.807, 2.05) is 0 Å². The Balaban J connectivity index is 2.24. The first-order valence-electron chi connectivity index (χ1n) is 5.20. The first-order valence-corrected chi connectivity index (χ1v) is 5.20. The number of fused-ring (bicyclic) bond motifs is 1. The maximum absolute atomic E-state index is 11.6.